The SMILES string of the molecule is Cc1oc2ncnc(NCCSCCCO)c2c1C. The number of aliphatic hydroxyl groups is 1. The van der Waals surface area contributed by atoms with Crippen LogP contribution < -0.4 is 5.32 Å². The fraction of sp³-hybridized carbons (Fsp3) is 0.538. The summed E-state index contributed by atoms with van der Waals surface area (Å²) in [7, 11) is 0. The van der Waals surface area contributed by atoms with Gasteiger partial charge in [-0.2, -0.15) is 11.8 Å². The Morgan fingerprint density at radius 2 is 2.16 bits per heavy atom. The van der Waals surface area contributed by atoms with Gasteiger partial charge in [0.15, 0.2) is 0 Å². The average molecular weight is 281 g/mol. The summed E-state index contributed by atoms with van der Waals surface area (Å²) in [5.41, 5.74) is 1.73. The molecule has 0 aromatic carbocycles. The number of rotatable bonds is 7. The zero-order valence-corrected chi connectivity index (χ0v) is 12.1. The Bertz CT molecular complexity index is 542. The van der Waals surface area contributed by atoms with Crippen LogP contribution in [0.1, 0.15) is 17.7 Å². The van der Waals surface area contributed by atoms with Crippen molar-refractivity contribution in [1.82, 2.24) is 9.97 Å². The minimum Gasteiger partial charge on any atom is -0.443 e. The Balaban J connectivity index is 1.97. The number of aromatic nitrogens is 2. The van der Waals surface area contributed by atoms with E-state index in [-0.39, 0.29) is 6.61 Å². The van der Waals surface area contributed by atoms with Gasteiger partial charge in [0.05, 0.1) is 5.39 Å². The summed E-state index contributed by atoms with van der Waals surface area (Å²) in [6.07, 6.45) is 2.37. The van der Waals surface area contributed by atoms with E-state index in [9.17, 15) is 0 Å². The van der Waals surface area contributed by atoms with Gasteiger partial charge in [0.25, 0.3) is 0 Å². The molecule has 0 amide bonds. The lowest BCUT2D eigenvalue weighted by Crippen LogP contribution is -2.07. The van der Waals surface area contributed by atoms with Crippen molar-refractivity contribution in [2.75, 3.05) is 30.0 Å². The first-order chi connectivity index (χ1) is 9.24. The summed E-state index contributed by atoms with van der Waals surface area (Å²) in [5.74, 6) is 3.70. The van der Waals surface area contributed by atoms with E-state index >= 15 is 0 Å². The molecule has 104 valence electrons. The maximum atomic E-state index is 8.70. The number of thioether (sulfide) groups is 1. The molecule has 5 nitrogen and oxygen atoms in total. The van der Waals surface area contributed by atoms with Crippen LogP contribution in [-0.4, -0.2) is 39.7 Å². The van der Waals surface area contributed by atoms with Crippen molar-refractivity contribution in [2.45, 2.75) is 20.3 Å². The number of aliphatic hydroxyl groups excluding tert-OH is 1. The molecule has 2 rings (SSSR count). The van der Waals surface area contributed by atoms with Gasteiger partial charge >= 0.3 is 0 Å². The van der Waals surface area contributed by atoms with Crippen molar-refractivity contribution in [1.29, 1.82) is 0 Å². The van der Waals surface area contributed by atoms with Crippen LogP contribution in [-0.2, 0) is 0 Å². The van der Waals surface area contributed by atoms with Crippen molar-refractivity contribution in [3.63, 3.8) is 0 Å². The molecule has 0 aliphatic heterocycles. The number of nitrogens with one attached hydrogen (secondary N) is 1. The third-order valence-corrected chi connectivity index (χ3v) is 4.02. The highest BCUT2D eigenvalue weighted by Gasteiger charge is 2.12. The molecule has 0 saturated heterocycles. The molecule has 0 bridgehead atoms. The topological polar surface area (TPSA) is 71.2 Å². The summed E-state index contributed by atoms with van der Waals surface area (Å²) in [4.78, 5) is 8.43. The third kappa shape index (κ3) is 3.39. The van der Waals surface area contributed by atoms with Crippen LogP contribution in [0.15, 0.2) is 10.7 Å². The molecule has 0 saturated carbocycles. The standard InChI is InChI=1S/C13H19N3O2S/c1-9-10(2)18-13-11(9)12(15-8-16-13)14-4-7-19-6-3-5-17/h8,17H,3-7H2,1-2H3,(H,14,15,16). The van der Waals surface area contributed by atoms with Gasteiger partial charge in [-0.15, -0.1) is 0 Å². The van der Waals surface area contributed by atoms with Crippen LogP contribution in [0.25, 0.3) is 11.1 Å². The second-order valence-corrected chi connectivity index (χ2v) is 5.53. The maximum Gasteiger partial charge on any atom is 0.231 e. The predicted molar refractivity (Wildman–Crippen MR) is 78.8 cm³/mol. The van der Waals surface area contributed by atoms with Crippen LogP contribution in [0.5, 0.6) is 0 Å². The molecule has 2 N–H and O–H groups in total. The van der Waals surface area contributed by atoms with Crippen molar-refractivity contribution < 1.29 is 9.52 Å². The van der Waals surface area contributed by atoms with E-state index in [1.54, 1.807) is 0 Å². The number of furan rings is 1. The summed E-state index contributed by atoms with van der Waals surface area (Å²) in [6.45, 7) is 5.06. The molecular weight excluding hydrogens is 262 g/mol. The highest BCUT2D eigenvalue weighted by atomic mass is 32.2. The largest absolute Gasteiger partial charge is 0.443 e. The Kier molecular flexibility index (Phi) is 5.04. The van der Waals surface area contributed by atoms with Crippen molar-refractivity contribution in [3.8, 4) is 0 Å². The molecule has 6 heteroatoms. The first-order valence-corrected chi connectivity index (χ1v) is 7.52. The van der Waals surface area contributed by atoms with E-state index in [1.165, 1.54) is 6.33 Å². The molecule has 2 heterocycles. The molecule has 2 aromatic heterocycles. The minimum absolute atomic E-state index is 0.264. The van der Waals surface area contributed by atoms with E-state index in [0.29, 0.717) is 5.71 Å². The Morgan fingerprint density at radius 1 is 1.32 bits per heavy atom. The second kappa shape index (κ2) is 6.77. The van der Waals surface area contributed by atoms with Gasteiger partial charge in [-0.05, 0) is 26.0 Å². The molecule has 0 unspecified atom stereocenters. The molecule has 0 aliphatic carbocycles. The summed E-state index contributed by atoms with van der Waals surface area (Å²) >= 11 is 1.82. The van der Waals surface area contributed by atoms with E-state index < -0.39 is 0 Å². The van der Waals surface area contributed by atoms with Gasteiger partial charge in [0.1, 0.15) is 17.9 Å². The monoisotopic (exact) mass is 281 g/mol. The predicted octanol–water partition coefficient (Wildman–Crippen LogP) is 2.37. The molecule has 19 heavy (non-hydrogen) atoms. The highest BCUT2D eigenvalue weighted by molar-refractivity contribution is 7.99. The van der Waals surface area contributed by atoms with Crippen LogP contribution in [0.4, 0.5) is 5.82 Å². The Hall–Kier alpha value is -1.27. The molecule has 0 spiro atoms. The zero-order valence-electron chi connectivity index (χ0n) is 11.3. The molecule has 0 radical (unpaired) electrons. The van der Waals surface area contributed by atoms with Gasteiger partial charge in [0.2, 0.25) is 5.71 Å². The van der Waals surface area contributed by atoms with Gasteiger partial charge in [0, 0.05) is 24.5 Å². The quantitative estimate of drug-likeness (QED) is 0.759. The van der Waals surface area contributed by atoms with E-state index in [4.69, 9.17) is 9.52 Å². The number of anilines is 1. The number of aryl methyl sites for hydroxylation is 2. The van der Waals surface area contributed by atoms with Crippen molar-refractivity contribution >= 4 is 28.7 Å². The molecular formula is C13H19N3O2S. The lowest BCUT2D eigenvalue weighted by molar-refractivity contribution is 0.296. The Labute approximate surface area is 116 Å². The second-order valence-electron chi connectivity index (χ2n) is 4.30. The van der Waals surface area contributed by atoms with E-state index in [1.807, 2.05) is 25.6 Å². The third-order valence-electron chi connectivity index (χ3n) is 2.95. The van der Waals surface area contributed by atoms with Crippen LogP contribution in [0.3, 0.4) is 0 Å². The number of hydrogen-bond donors (Lipinski definition) is 2. The van der Waals surface area contributed by atoms with Crippen LogP contribution in [0, 0.1) is 13.8 Å². The van der Waals surface area contributed by atoms with Gasteiger partial charge in [-0.3, -0.25) is 0 Å². The van der Waals surface area contributed by atoms with Gasteiger partial charge < -0.3 is 14.8 Å². The highest BCUT2D eigenvalue weighted by Crippen LogP contribution is 2.27. The lowest BCUT2D eigenvalue weighted by atomic mass is 10.2. The molecule has 2 aromatic rings. The molecule has 0 atom stereocenters. The smallest absolute Gasteiger partial charge is 0.231 e. The first kappa shape index (κ1) is 14.1. The molecule has 0 fully saturated rings. The maximum absolute atomic E-state index is 8.70. The first-order valence-electron chi connectivity index (χ1n) is 6.37. The fourth-order valence-electron chi connectivity index (χ4n) is 1.83. The zero-order chi connectivity index (χ0) is 13.7. The number of hydrogen-bond acceptors (Lipinski definition) is 6. The normalized spacial score (nSPS) is 11.1. The van der Waals surface area contributed by atoms with Crippen molar-refractivity contribution in [3.05, 3.63) is 17.7 Å². The Morgan fingerprint density at radius 3 is 2.95 bits per heavy atom. The van der Waals surface area contributed by atoms with E-state index in [0.717, 1.165) is 47.0 Å². The number of fused-ring (bicyclic) bond motifs is 1. The molecule has 0 aliphatic rings. The van der Waals surface area contributed by atoms with Gasteiger partial charge in [-0.1, -0.05) is 0 Å². The summed E-state index contributed by atoms with van der Waals surface area (Å²) < 4.78 is 5.57. The van der Waals surface area contributed by atoms with E-state index in [2.05, 4.69) is 15.3 Å². The summed E-state index contributed by atoms with van der Waals surface area (Å²) in [5, 5.41) is 13.0. The lowest BCUT2D eigenvalue weighted by Gasteiger charge is -2.06. The number of nitrogens with zero attached hydrogens (tertiary/aromatic N) is 2. The minimum atomic E-state index is 0.264. The van der Waals surface area contributed by atoms with Crippen molar-refractivity contribution in [2.24, 2.45) is 0 Å². The van der Waals surface area contributed by atoms with Crippen LogP contribution >= 0.6 is 11.8 Å². The van der Waals surface area contributed by atoms with Gasteiger partial charge in [-0.25, -0.2) is 9.97 Å². The average Bonchev–Trinajstić information content (AvgIpc) is 2.70. The summed E-state index contributed by atoms with van der Waals surface area (Å²) in [6, 6.07) is 0. The fourth-order valence-corrected chi connectivity index (χ4v) is 2.61. The van der Waals surface area contributed by atoms with Crippen LogP contribution in [0.2, 0.25) is 0 Å².